The van der Waals surface area contributed by atoms with Crippen LogP contribution in [-0.2, 0) is 19.7 Å². The van der Waals surface area contributed by atoms with E-state index >= 15 is 0 Å². The summed E-state index contributed by atoms with van der Waals surface area (Å²) in [5, 5.41) is 14.8. The maximum Gasteiger partial charge on any atom is 0.326 e. The smallest absolute Gasteiger partial charge is 0.326 e. The zero-order valence-corrected chi connectivity index (χ0v) is 17.8. The van der Waals surface area contributed by atoms with E-state index in [1.54, 1.807) is 0 Å². The molecule has 0 rings (SSSR count). The first kappa shape index (κ1) is 27.2. The number of rotatable bonds is 19. The van der Waals surface area contributed by atoms with Gasteiger partial charge < -0.3 is 10.4 Å². The number of carbonyl (C=O) groups is 2. The van der Waals surface area contributed by atoms with E-state index in [2.05, 4.69) is 15.3 Å². The monoisotopic (exact) mass is 434 g/mol. The van der Waals surface area contributed by atoms with Crippen LogP contribution in [0.2, 0.25) is 0 Å². The molecule has 0 spiro atoms. The number of carbonyl (C=O) groups excluding carboxylic acids is 1. The summed E-state index contributed by atoms with van der Waals surface area (Å²) in [6.45, 7) is 0.0261. The molecule has 29 heavy (non-hydrogen) atoms. The molecular formula is C18H34N4O6S. The van der Waals surface area contributed by atoms with Crippen LogP contribution in [0.25, 0.3) is 10.4 Å². The average molecular weight is 435 g/mol. The SMILES string of the molecule is [N-]=[N+]=NCCC(NC(=O)CCCCCCCCCCCCCS(=O)(=O)O)C(=O)O. The topological polar surface area (TPSA) is 170 Å². The lowest BCUT2D eigenvalue weighted by atomic mass is 10.1. The number of nitrogens with one attached hydrogen (secondary N) is 1. The lowest BCUT2D eigenvalue weighted by Crippen LogP contribution is -2.41. The van der Waals surface area contributed by atoms with Crippen LogP contribution in [0.1, 0.15) is 83.5 Å². The summed E-state index contributed by atoms with van der Waals surface area (Å²) in [6, 6.07) is -1.03. The molecule has 0 aliphatic heterocycles. The molecule has 0 aliphatic rings. The van der Waals surface area contributed by atoms with Gasteiger partial charge >= 0.3 is 5.97 Å². The van der Waals surface area contributed by atoms with Crippen LogP contribution < -0.4 is 5.32 Å². The van der Waals surface area contributed by atoms with Crippen molar-refractivity contribution < 1.29 is 27.7 Å². The van der Waals surface area contributed by atoms with Crippen molar-refractivity contribution in [2.24, 2.45) is 5.11 Å². The van der Waals surface area contributed by atoms with Crippen molar-refractivity contribution in [3.05, 3.63) is 10.4 Å². The molecule has 0 aromatic carbocycles. The summed E-state index contributed by atoms with van der Waals surface area (Å²) in [4.78, 5) is 25.4. The first-order valence-electron chi connectivity index (χ1n) is 10.2. The predicted octanol–water partition coefficient (Wildman–Crippen LogP) is 3.83. The molecule has 0 aromatic heterocycles. The van der Waals surface area contributed by atoms with E-state index in [0.717, 1.165) is 57.8 Å². The quantitative estimate of drug-likeness (QED) is 0.0917. The van der Waals surface area contributed by atoms with Crippen molar-refractivity contribution in [3.63, 3.8) is 0 Å². The number of carboxylic acid groups (broad SMARTS) is 1. The molecule has 0 bridgehead atoms. The Balaban J connectivity index is 3.54. The number of unbranched alkanes of at least 4 members (excludes halogenated alkanes) is 10. The molecule has 3 N–H and O–H groups in total. The minimum atomic E-state index is -3.82. The van der Waals surface area contributed by atoms with Gasteiger partial charge in [-0.15, -0.1) is 0 Å². The first-order valence-corrected chi connectivity index (χ1v) is 11.9. The number of amides is 1. The van der Waals surface area contributed by atoms with Crippen LogP contribution in [0, 0.1) is 0 Å². The highest BCUT2D eigenvalue weighted by Crippen LogP contribution is 2.12. The molecule has 1 unspecified atom stereocenters. The number of aliphatic carboxylic acids is 1. The Hall–Kier alpha value is -1.84. The van der Waals surface area contributed by atoms with Gasteiger partial charge in [0, 0.05) is 17.9 Å². The number of carboxylic acids is 1. The van der Waals surface area contributed by atoms with Crippen molar-refractivity contribution in [2.75, 3.05) is 12.3 Å². The van der Waals surface area contributed by atoms with Crippen LogP contribution in [0.5, 0.6) is 0 Å². The largest absolute Gasteiger partial charge is 0.480 e. The van der Waals surface area contributed by atoms with Gasteiger partial charge in [-0.1, -0.05) is 62.9 Å². The van der Waals surface area contributed by atoms with E-state index in [0.29, 0.717) is 12.8 Å². The Kier molecular flexibility index (Phi) is 16.0. The van der Waals surface area contributed by atoms with Crippen molar-refractivity contribution in [1.29, 1.82) is 0 Å². The summed E-state index contributed by atoms with van der Waals surface area (Å²) in [5.74, 6) is -1.59. The van der Waals surface area contributed by atoms with Crippen molar-refractivity contribution in [2.45, 2.75) is 89.5 Å². The minimum Gasteiger partial charge on any atom is -0.480 e. The van der Waals surface area contributed by atoms with Crippen LogP contribution in [0.4, 0.5) is 0 Å². The van der Waals surface area contributed by atoms with Crippen LogP contribution in [0.3, 0.4) is 0 Å². The molecule has 0 saturated heterocycles. The summed E-state index contributed by atoms with van der Waals surface area (Å²) in [7, 11) is -3.82. The predicted molar refractivity (Wildman–Crippen MR) is 110 cm³/mol. The molecule has 0 saturated carbocycles. The van der Waals surface area contributed by atoms with E-state index < -0.39 is 22.1 Å². The summed E-state index contributed by atoms with van der Waals surface area (Å²) < 4.78 is 29.8. The van der Waals surface area contributed by atoms with E-state index in [-0.39, 0.29) is 31.0 Å². The Labute approximate surface area is 172 Å². The molecule has 0 aliphatic carbocycles. The Morgan fingerprint density at radius 3 is 1.86 bits per heavy atom. The maximum atomic E-state index is 11.8. The van der Waals surface area contributed by atoms with Gasteiger partial charge in [0.25, 0.3) is 10.1 Å². The second-order valence-corrected chi connectivity index (χ2v) is 8.70. The van der Waals surface area contributed by atoms with Gasteiger partial charge in [-0.25, -0.2) is 4.79 Å². The molecule has 0 heterocycles. The lowest BCUT2D eigenvalue weighted by molar-refractivity contribution is -0.142. The highest BCUT2D eigenvalue weighted by molar-refractivity contribution is 7.85. The number of hydrogen-bond donors (Lipinski definition) is 3. The third-order valence-corrected chi connectivity index (χ3v) is 5.33. The zero-order chi connectivity index (χ0) is 22.0. The van der Waals surface area contributed by atoms with Crippen molar-refractivity contribution in [1.82, 2.24) is 5.32 Å². The highest BCUT2D eigenvalue weighted by atomic mass is 32.2. The lowest BCUT2D eigenvalue weighted by Gasteiger charge is -2.13. The first-order chi connectivity index (χ1) is 13.8. The highest BCUT2D eigenvalue weighted by Gasteiger charge is 2.18. The Morgan fingerprint density at radius 2 is 1.41 bits per heavy atom. The Bertz CT molecular complexity index is 620. The van der Waals surface area contributed by atoms with Gasteiger partial charge in [0.2, 0.25) is 5.91 Å². The minimum absolute atomic E-state index is 0.0261. The third kappa shape index (κ3) is 19.3. The second-order valence-electron chi connectivity index (χ2n) is 7.13. The van der Waals surface area contributed by atoms with Crippen LogP contribution in [-0.4, -0.2) is 48.3 Å². The summed E-state index contributed by atoms with van der Waals surface area (Å²) >= 11 is 0. The van der Waals surface area contributed by atoms with Crippen molar-refractivity contribution >= 4 is 22.0 Å². The molecular weight excluding hydrogens is 400 g/mol. The van der Waals surface area contributed by atoms with Crippen LogP contribution >= 0.6 is 0 Å². The molecule has 10 nitrogen and oxygen atoms in total. The van der Waals surface area contributed by atoms with Gasteiger partial charge in [-0.3, -0.25) is 9.35 Å². The molecule has 11 heteroatoms. The third-order valence-electron chi connectivity index (χ3n) is 4.52. The van der Waals surface area contributed by atoms with E-state index in [1.165, 1.54) is 0 Å². The summed E-state index contributed by atoms with van der Waals surface area (Å²) in [6.07, 6.45) is 10.8. The fraction of sp³-hybridized carbons (Fsp3) is 0.889. The van der Waals surface area contributed by atoms with Gasteiger partial charge in [0.15, 0.2) is 0 Å². The molecule has 0 fully saturated rings. The van der Waals surface area contributed by atoms with E-state index in [1.807, 2.05) is 0 Å². The van der Waals surface area contributed by atoms with Gasteiger partial charge in [-0.05, 0) is 24.8 Å². The molecule has 0 aromatic rings. The molecule has 0 radical (unpaired) electrons. The van der Waals surface area contributed by atoms with Gasteiger partial charge in [-0.2, -0.15) is 8.42 Å². The maximum absolute atomic E-state index is 11.8. The summed E-state index contributed by atoms with van der Waals surface area (Å²) in [5.41, 5.74) is 8.20. The fourth-order valence-electron chi connectivity index (χ4n) is 2.92. The Morgan fingerprint density at radius 1 is 0.931 bits per heavy atom. The van der Waals surface area contributed by atoms with Gasteiger partial charge in [0.1, 0.15) is 6.04 Å². The number of azide groups is 1. The van der Waals surface area contributed by atoms with E-state index in [9.17, 15) is 18.0 Å². The van der Waals surface area contributed by atoms with E-state index in [4.69, 9.17) is 15.2 Å². The van der Waals surface area contributed by atoms with Crippen molar-refractivity contribution in [3.8, 4) is 0 Å². The van der Waals surface area contributed by atoms with Crippen LogP contribution in [0.15, 0.2) is 5.11 Å². The molecule has 1 atom stereocenters. The van der Waals surface area contributed by atoms with Gasteiger partial charge in [0.05, 0.1) is 5.75 Å². The number of nitrogens with zero attached hydrogens (tertiary/aromatic N) is 3. The molecule has 1 amide bonds. The zero-order valence-electron chi connectivity index (χ0n) is 17.0. The fourth-order valence-corrected chi connectivity index (χ4v) is 3.49. The molecule has 168 valence electrons. The number of hydrogen-bond acceptors (Lipinski definition) is 5. The second kappa shape index (κ2) is 17.1. The normalized spacial score (nSPS) is 12.2. The standard InChI is InChI=1S/C18H34N4O6S/c19-22-20-14-13-16(18(24)25)21-17(23)12-10-8-6-4-2-1-3-5-7-9-11-15-29(26,27)28/h16H,1-15H2,(H,21,23)(H,24,25)(H,26,27,28). The average Bonchev–Trinajstić information content (AvgIpc) is 2.63.